The Morgan fingerprint density at radius 2 is 1.94 bits per heavy atom. The van der Waals surface area contributed by atoms with Crippen LogP contribution in [0, 0.1) is 0 Å². The predicted octanol–water partition coefficient (Wildman–Crippen LogP) is -3.25. The number of ketones is 1. The third kappa shape index (κ3) is 3.40. The third-order valence-corrected chi connectivity index (χ3v) is 3.76. The minimum absolute atomic E-state index is 0.164. The van der Waals surface area contributed by atoms with Crippen molar-refractivity contribution in [2.24, 2.45) is 0 Å². The molecule has 2 unspecified atom stereocenters. The van der Waals surface area contributed by atoms with Gasteiger partial charge in [0.1, 0.15) is 29.7 Å². The van der Waals surface area contributed by atoms with E-state index in [2.05, 4.69) is 5.32 Å². The maximum atomic E-state index is 11.7. The van der Waals surface area contributed by atoms with Gasteiger partial charge in [0.2, 0.25) is 0 Å². The molecule has 0 aromatic rings. The lowest BCUT2D eigenvalue weighted by Gasteiger charge is -2.22. The lowest BCUT2D eigenvalue weighted by molar-refractivity contribution is -0.141. The van der Waals surface area contributed by atoms with E-state index in [-0.39, 0.29) is 5.75 Å². The molecule has 0 aliphatic carbocycles. The highest BCUT2D eigenvalue weighted by Crippen LogP contribution is 2.21. The second kappa shape index (κ2) is 6.45. The lowest BCUT2D eigenvalue weighted by atomic mass is 10.0. The van der Waals surface area contributed by atoms with Crippen LogP contribution in [0.2, 0.25) is 0 Å². The summed E-state index contributed by atoms with van der Waals surface area (Å²) < 4.78 is 0. The summed E-state index contributed by atoms with van der Waals surface area (Å²) in [6.45, 7) is -0.797. The van der Waals surface area contributed by atoms with Crippen LogP contribution in [-0.2, 0) is 9.59 Å². The Bertz CT molecular complexity index is 326. The Labute approximate surface area is 107 Å². The maximum absolute atomic E-state index is 11.7. The first kappa shape index (κ1) is 15.3. The standard InChI is InChI=1S/C9H15NO7S/c11-1-4(12)5(13)6(14)7(15)8-10-3(2-18-8)9(16)17/h3-6,8,10-14H,1-2H2,(H,16,17)/t3?,4-,5+,6-,8?/m1/s1. The fraction of sp³-hybridized carbons (Fsp3) is 0.778. The molecule has 0 radical (unpaired) electrons. The van der Waals surface area contributed by atoms with Gasteiger partial charge in [-0.1, -0.05) is 0 Å². The zero-order chi connectivity index (χ0) is 13.9. The molecular weight excluding hydrogens is 266 g/mol. The second-order valence-corrected chi connectivity index (χ2v) is 5.00. The van der Waals surface area contributed by atoms with Crippen molar-refractivity contribution in [3.05, 3.63) is 0 Å². The average Bonchev–Trinajstić information content (AvgIpc) is 2.84. The Hall–Kier alpha value is -0.710. The molecule has 0 bridgehead atoms. The topological polar surface area (TPSA) is 147 Å². The predicted molar refractivity (Wildman–Crippen MR) is 60.9 cm³/mol. The van der Waals surface area contributed by atoms with Gasteiger partial charge in [0, 0.05) is 5.75 Å². The highest BCUT2D eigenvalue weighted by atomic mass is 32.2. The Morgan fingerprint density at radius 1 is 1.33 bits per heavy atom. The number of aliphatic carboxylic acids is 1. The van der Waals surface area contributed by atoms with Crippen LogP contribution in [0.1, 0.15) is 0 Å². The number of carbonyl (C=O) groups excluding carboxylic acids is 1. The number of aliphatic hydroxyl groups is 4. The van der Waals surface area contributed by atoms with Crippen LogP contribution in [0.25, 0.3) is 0 Å². The van der Waals surface area contributed by atoms with E-state index in [1.807, 2.05) is 0 Å². The maximum Gasteiger partial charge on any atom is 0.321 e. The number of carbonyl (C=O) groups is 2. The summed E-state index contributed by atoms with van der Waals surface area (Å²) in [5.41, 5.74) is 0. The van der Waals surface area contributed by atoms with Crippen LogP contribution in [0.3, 0.4) is 0 Å². The van der Waals surface area contributed by atoms with Crippen molar-refractivity contribution in [1.82, 2.24) is 5.32 Å². The highest BCUT2D eigenvalue weighted by Gasteiger charge is 2.39. The van der Waals surface area contributed by atoms with E-state index < -0.39 is 48.1 Å². The van der Waals surface area contributed by atoms with Crippen molar-refractivity contribution in [3.63, 3.8) is 0 Å². The van der Waals surface area contributed by atoms with Crippen LogP contribution in [0.4, 0.5) is 0 Å². The minimum atomic E-state index is -1.88. The van der Waals surface area contributed by atoms with Gasteiger partial charge in [0.05, 0.1) is 6.61 Å². The molecule has 0 spiro atoms. The second-order valence-electron chi connectivity index (χ2n) is 3.86. The number of carboxylic acid groups (broad SMARTS) is 1. The van der Waals surface area contributed by atoms with Gasteiger partial charge < -0.3 is 25.5 Å². The zero-order valence-electron chi connectivity index (χ0n) is 9.26. The minimum Gasteiger partial charge on any atom is -0.480 e. The molecule has 104 valence electrons. The number of thioether (sulfide) groups is 1. The van der Waals surface area contributed by atoms with Crippen LogP contribution >= 0.6 is 11.8 Å². The normalized spacial score (nSPS) is 28.7. The quantitative estimate of drug-likeness (QED) is 0.295. The number of aliphatic hydroxyl groups excluding tert-OH is 4. The SMILES string of the molecule is O=C(O)C1CSC(C(=O)[C@H](O)[C@@H](O)[C@H](O)CO)N1. The Morgan fingerprint density at radius 3 is 2.39 bits per heavy atom. The lowest BCUT2D eigenvalue weighted by Crippen LogP contribution is -2.50. The van der Waals surface area contributed by atoms with Crippen molar-refractivity contribution in [2.75, 3.05) is 12.4 Å². The molecule has 5 atom stereocenters. The molecule has 0 amide bonds. The molecule has 1 fully saturated rings. The van der Waals surface area contributed by atoms with Gasteiger partial charge in [-0.2, -0.15) is 0 Å². The highest BCUT2D eigenvalue weighted by molar-refractivity contribution is 8.00. The molecule has 1 aliphatic heterocycles. The number of nitrogens with one attached hydrogen (secondary N) is 1. The molecule has 0 aromatic carbocycles. The van der Waals surface area contributed by atoms with Crippen molar-refractivity contribution in [3.8, 4) is 0 Å². The Kier molecular flexibility index (Phi) is 5.50. The number of Topliss-reactive ketones (excluding diaryl/α,β-unsaturated/α-hetero) is 1. The van der Waals surface area contributed by atoms with Crippen LogP contribution in [0.15, 0.2) is 0 Å². The molecule has 0 saturated carbocycles. The van der Waals surface area contributed by atoms with Gasteiger partial charge >= 0.3 is 5.97 Å². The monoisotopic (exact) mass is 281 g/mol. The summed E-state index contributed by atoms with van der Waals surface area (Å²) in [4.78, 5) is 22.4. The molecule has 18 heavy (non-hydrogen) atoms. The van der Waals surface area contributed by atoms with Gasteiger partial charge in [-0.3, -0.25) is 14.9 Å². The van der Waals surface area contributed by atoms with Crippen LogP contribution in [0.5, 0.6) is 0 Å². The summed E-state index contributed by atoms with van der Waals surface area (Å²) in [5, 5.41) is 46.8. The van der Waals surface area contributed by atoms with Crippen molar-refractivity contribution >= 4 is 23.5 Å². The molecule has 0 aromatic heterocycles. The average molecular weight is 281 g/mol. The van der Waals surface area contributed by atoms with E-state index in [0.717, 1.165) is 11.8 Å². The van der Waals surface area contributed by atoms with Gasteiger partial charge in [-0.05, 0) is 0 Å². The summed E-state index contributed by atoms with van der Waals surface area (Å²) in [6.07, 6.45) is -5.33. The van der Waals surface area contributed by atoms with Crippen molar-refractivity contribution in [1.29, 1.82) is 0 Å². The number of rotatable bonds is 6. The molecule has 1 saturated heterocycles. The number of hydrogen-bond donors (Lipinski definition) is 6. The van der Waals surface area contributed by atoms with E-state index >= 15 is 0 Å². The first-order chi connectivity index (χ1) is 8.38. The fourth-order valence-corrected chi connectivity index (χ4v) is 2.61. The molecule has 1 rings (SSSR count). The van der Waals surface area contributed by atoms with Gasteiger partial charge in [-0.15, -0.1) is 11.8 Å². The van der Waals surface area contributed by atoms with Crippen molar-refractivity contribution in [2.45, 2.75) is 29.7 Å². The van der Waals surface area contributed by atoms with E-state index in [0.29, 0.717) is 0 Å². The first-order valence-electron chi connectivity index (χ1n) is 5.17. The summed E-state index contributed by atoms with van der Waals surface area (Å²) in [5.74, 6) is -1.77. The summed E-state index contributed by atoms with van der Waals surface area (Å²) >= 11 is 0.995. The Balaban J connectivity index is 2.57. The molecular formula is C9H15NO7S. The number of carboxylic acids is 1. The fourth-order valence-electron chi connectivity index (χ4n) is 1.42. The number of hydrogen-bond acceptors (Lipinski definition) is 8. The zero-order valence-corrected chi connectivity index (χ0v) is 10.1. The molecule has 1 aliphatic rings. The first-order valence-corrected chi connectivity index (χ1v) is 6.22. The molecule has 6 N–H and O–H groups in total. The van der Waals surface area contributed by atoms with Gasteiger partial charge in [0.25, 0.3) is 0 Å². The van der Waals surface area contributed by atoms with Crippen LogP contribution in [-0.4, -0.2) is 79.4 Å². The molecule has 9 heteroatoms. The largest absolute Gasteiger partial charge is 0.480 e. The van der Waals surface area contributed by atoms with Crippen LogP contribution < -0.4 is 5.32 Å². The third-order valence-electron chi connectivity index (χ3n) is 2.53. The van der Waals surface area contributed by atoms with E-state index in [9.17, 15) is 19.8 Å². The van der Waals surface area contributed by atoms with E-state index in [1.165, 1.54) is 0 Å². The molecule has 1 heterocycles. The van der Waals surface area contributed by atoms with E-state index in [1.54, 1.807) is 0 Å². The summed E-state index contributed by atoms with van der Waals surface area (Å²) in [7, 11) is 0. The van der Waals surface area contributed by atoms with Gasteiger partial charge in [-0.25, -0.2) is 0 Å². The molecule has 8 nitrogen and oxygen atoms in total. The van der Waals surface area contributed by atoms with Gasteiger partial charge in [0.15, 0.2) is 5.78 Å². The smallest absolute Gasteiger partial charge is 0.321 e. The summed E-state index contributed by atoms with van der Waals surface area (Å²) in [6, 6.07) is -0.893. The van der Waals surface area contributed by atoms with E-state index in [4.69, 9.17) is 15.3 Å². The van der Waals surface area contributed by atoms with Crippen molar-refractivity contribution < 1.29 is 35.1 Å².